The Labute approximate surface area is 136 Å². The minimum Gasteiger partial charge on any atom is -0.465 e. The Kier molecular flexibility index (Phi) is 5.76. The second-order valence-electron chi connectivity index (χ2n) is 5.67. The normalized spacial score (nSPS) is 11.7. The molecule has 0 spiro atoms. The zero-order valence-electron chi connectivity index (χ0n) is 13.8. The lowest BCUT2D eigenvalue weighted by Gasteiger charge is -2.26. The van der Waals surface area contributed by atoms with Crippen LogP contribution < -0.4 is 0 Å². The highest BCUT2D eigenvalue weighted by molar-refractivity contribution is 7.89. The first-order chi connectivity index (χ1) is 10.5. The molecular weight excluding hydrogens is 322 g/mol. The number of carbonyl (C=O) groups is 2. The van der Waals surface area contributed by atoms with Crippen molar-refractivity contribution in [3.8, 4) is 0 Å². The van der Waals surface area contributed by atoms with Gasteiger partial charge in [-0.2, -0.15) is 0 Å². The standard InChI is InChI=1S/C15H21NO6S/c1-6-16(14(18)22-15(2,3)4)23(19,20)12-9-7-8-11(10-12)13(17)21-5/h7-10H,6H2,1-5H3. The van der Waals surface area contributed by atoms with E-state index in [1.165, 1.54) is 32.2 Å². The Balaban J connectivity index is 3.23. The van der Waals surface area contributed by atoms with Crippen LogP contribution in [0.3, 0.4) is 0 Å². The predicted octanol–water partition coefficient (Wildman–Crippen LogP) is 2.42. The Morgan fingerprint density at radius 1 is 1.22 bits per heavy atom. The summed E-state index contributed by atoms with van der Waals surface area (Å²) in [5.74, 6) is -0.664. The van der Waals surface area contributed by atoms with Crippen molar-refractivity contribution in [2.45, 2.75) is 38.2 Å². The van der Waals surface area contributed by atoms with Gasteiger partial charge in [0.15, 0.2) is 0 Å². The summed E-state index contributed by atoms with van der Waals surface area (Å²) in [4.78, 5) is 23.5. The molecule has 0 atom stereocenters. The maximum Gasteiger partial charge on any atom is 0.424 e. The van der Waals surface area contributed by atoms with Crippen LogP contribution in [0, 0.1) is 0 Å². The number of hydrogen-bond donors (Lipinski definition) is 0. The molecule has 0 aromatic heterocycles. The van der Waals surface area contributed by atoms with Crippen LogP contribution in [0.4, 0.5) is 4.79 Å². The number of benzene rings is 1. The van der Waals surface area contributed by atoms with Crippen LogP contribution in [-0.2, 0) is 19.5 Å². The number of hydrogen-bond acceptors (Lipinski definition) is 6. The molecule has 1 aromatic rings. The SMILES string of the molecule is CCN(C(=O)OC(C)(C)C)S(=O)(=O)c1cccc(C(=O)OC)c1. The van der Waals surface area contributed by atoms with Gasteiger partial charge in [-0.15, -0.1) is 0 Å². The van der Waals surface area contributed by atoms with Gasteiger partial charge in [0.05, 0.1) is 17.6 Å². The van der Waals surface area contributed by atoms with Crippen molar-refractivity contribution in [3.05, 3.63) is 29.8 Å². The summed E-state index contributed by atoms with van der Waals surface area (Å²) >= 11 is 0. The van der Waals surface area contributed by atoms with Gasteiger partial charge in [-0.1, -0.05) is 6.07 Å². The molecule has 7 nitrogen and oxygen atoms in total. The molecule has 0 bridgehead atoms. The molecule has 0 heterocycles. The quantitative estimate of drug-likeness (QED) is 0.780. The van der Waals surface area contributed by atoms with Crippen LogP contribution >= 0.6 is 0 Å². The molecule has 1 rings (SSSR count). The lowest BCUT2D eigenvalue weighted by molar-refractivity contribution is 0.0397. The summed E-state index contributed by atoms with van der Waals surface area (Å²) in [7, 11) is -2.94. The summed E-state index contributed by atoms with van der Waals surface area (Å²) in [5.41, 5.74) is -0.748. The van der Waals surface area contributed by atoms with E-state index in [9.17, 15) is 18.0 Å². The predicted molar refractivity (Wildman–Crippen MR) is 83.6 cm³/mol. The lowest BCUT2D eigenvalue weighted by atomic mass is 10.2. The second kappa shape index (κ2) is 6.99. The highest BCUT2D eigenvalue weighted by Gasteiger charge is 2.32. The van der Waals surface area contributed by atoms with Crippen molar-refractivity contribution in [1.29, 1.82) is 0 Å². The minimum absolute atomic E-state index is 0.0776. The lowest BCUT2D eigenvalue weighted by Crippen LogP contribution is -2.40. The molecule has 0 unspecified atom stereocenters. The third kappa shape index (κ3) is 4.69. The third-order valence-corrected chi connectivity index (χ3v) is 4.56. The van der Waals surface area contributed by atoms with E-state index in [0.29, 0.717) is 4.31 Å². The van der Waals surface area contributed by atoms with Crippen molar-refractivity contribution in [1.82, 2.24) is 4.31 Å². The topological polar surface area (TPSA) is 90.0 Å². The monoisotopic (exact) mass is 343 g/mol. The molecule has 1 aromatic carbocycles. The Morgan fingerprint density at radius 3 is 2.30 bits per heavy atom. The van der Waals surface area contributed by atoms with Crippen molar-refractivity contribution in [3.63, 3.8) is 0 Å². The average Bonchev–Trinajstić information content (AvgIpc) is 2.45. The first-order valence-corrected chi connectivity index (χ1v) is 8.41. The second-order valence-corrected chi connectivity index (χ2v) is 7.53. The molecule has 1 amide bonds. The first-order valence-electron chi connectivity index (χ1n) is 6.97. The van der Waals surface area contributed by atoms with Crippen LogP contribution in [-0.4, -0.2) is 44.0 Å². The van der Waals surface area contributed by atoms with E-state index in [2.05, 4.69) is 4.74 Å². The van der Waals surface area contributed by atoms with Gasteiger partial charge in [0.2, 0.25) is 0 Å². The van der Waals surface area contributed by atoms with Crippen molar-refractivity contribution >= 4 is 22.1 Å². The van der Waals surface area contributed by atoms with E-state index in [1.54, 1.807) is 20.8 Å². The number of sulfonamides is 1. The number of ether oxygens (including phenoxy) is 2. The summed E-state index contributed by atoms with van der Waals surface area (Å²) in [5, 5.41) is 0. The Hall–Kier alpha value is -2.09. The zero-order chi connectivity index (χ0) is 17.8. The average molecular weight is 343 g/mol. The molecule has 0 aliphatic carbocycles. The number of esters is 1. The summed E-state index contributed by atoms with van der Waals surface area (Å²) < 4.78 is 35.6. The summed E-state index contributed by atoms with van der Waals surface area (Å²) in [6.07, 6.45) is -0.969. The van der Waals surface area contributed by atoms with Gasteiger partial charge in [-0.25, -0.2) is 22.3 Å². The zero-order valence-corrected chi connectivity index (χ0v) is 14.6. The van der Waals surface area contributed by atoms with Crippen molar-refractivity contribution in [2.75, 3.05) is 13.7 Å². The molecule has 0 fully saturated rings. The minimum atomic E-state index is -4.14. The van der Waals surface area contributed by atoms with Gasteiger partial charge in [-0.3, -0.25) is 0 Å². The number of rotatable bonds is 4. The van der Waals surface area contributed by atoms with E-state index in [-0.39, 0.29) is 17.0 Å². The van der Waals surface area contributed by atoms with Gasteiger partial charge in [-0.05, 0) is 45.9 Å². The number of carbonyl (C=O) groups excluding carboxylic acids is 2. The van der Waals surface area contributed by atoms with Crippen molar-refractivity contribution < 1.29 is 27.5 Å². The molecule has 128 valence electrons. The molecular formula is C15H21NO6S. The Bertz CT molecular complexity index is 690. The molecule has 0 aliphatic rings. The molecule has 0 saturated carbocycles. The van der Waals surface area contributed by atoms with Gasteiger partial charge in [0.1, 0.15) is 5.60 Å². The van der Waals surface area contributed by atoms with E-state index in [4.69, 9.17) is 4.74 Å². The highest BCUT2D eigenvalue weighted by atomic mass is 32.2. The van der Waals surface area contributed by atoms with E-state index >= 15 is 0 Å². The molecule has 0 N–H and O–H groups in total. The van der Waals surface area contributed by atoms with Crippen LogP contribution in [0.2, 0.25) is 0 Å². The van der Waals surface area contributed by atoms with E-state index < -0.39 is 27.7 Å². The van der Waals surface area contributed by atoms with Gasteiger partial charge >= 0.3 is 12.1 Å². The Morgan fingerprint density at radius 2 is 1.83 bits per heavy atom. The van der Waals surface area contributed by atoms with Gasteiger partial charge < -0.3 is 9.47 Å². The first kappa shape index (κ1) is 19.0. The largest absolute Gasteiger partial charge is 0.465 e. The fourth-order valence-corrected chi connectivity index (χ4v) is 3.09. The van der Waals surface area contributed by atoms with E-state index in [0.717, 1.165) is 6.07 Å². The molecule has 0 aliphatic heterocycles. The number of nitrogens with zero attached hydrogens (tertiary/aromatic N) is 1. The summed E-state index contributed by atoms with van der Waals surface area (Å²) in [6, 6.07) is 5.29. The van der Waals surface area contributed by atoms with Crippen LogP contribution in [0.25, 0.3) is 0 Å². The maximum absolute atomic E-state index is 12.6. The summed E-state index contributed by atoms with van der Waals surface area (Å²) in [6.45, 7) is 6.35. The van der Waals surface area contributed by atoms with E-state index in [1.807, 2.05) is 0 Å². The van der Waals surface area contributed by atoms with Crippen LogP contribution in [0.1, 0.15) is 38.1 Å². The third-order valence-electron chi connectivity index (χ3n) is 2.73. The van der Waals surface area contributed by atoms with Crippen molar-refractivity contribution in [2.24, 2.45) is 0 Å². The highest BCUT2D eigenvalue weighted by Crippen LogP contribution is 2.20. The van der Waals surface area contributed by atoms with Crippen LogP contribution in [0.15, 0.2) is 29.2 Å². The number of methoxy groups -OCH3 is 1. The number of amides is 1. The smallest absolute Gasteiger partial charge is 0.424 e. The molecule has 8 heteroatoms. The fraction of sp³-hybridized carbons (Fsp3) is 0.467. The molecule has 23 heavy (non-hydrogen) atoms. The fourth-order valence-electron chi connectivity index (χ4n) is 1.74. The molecule has 0 radical (unpaired) electrons. The maximum atomic E-state index is 12.6. The van der Waals surface area contributed by atoms with Crippen LogP contribution in [0.5, 0.6) is 0 Å². The van der Waals surface area contributed by atoms with Gasteiger partial charge in [0, 0.05) is 6.54 Å². The molecule has 0 saturated heterocycles. The van der Waals surface area contributed by atoms with Gasteiger partial charge in [0.25, 0.3) is 10.0 Å².